The fourth-order valence-corrected chi connectivity index (χ4v) is 1.98. The zero-order valence-corrected chi connectivity index (χ0v) is 10.4. The van der Waals surface area contributed by atoms with E-state index in [9.17, 15) is 9.18 Å². The van der Waals surface area contributed by atoms with Crippen molar-refractivity contribution in [2.75, 3.05) is 25.4 Å². The first kappa shape index (κ1) is 12.8. The molecule has 1 aromatic rings. The second-order valence-electron chi connectivity index (χ2n) is 4.92. The summed E-state index contributed by atoms with van der Waals surface area (Å²) < 4.78 is 18.6. The van der Waals surface area contributed by atoms with Gasteiger partial charge in [-0.25, -0.2) is 9.37 Å². The van der Waals surface area contributed by atoms with Crippen LogP contribution in [-0.4, -0.2) is 41.1 Å². The number of halogens is 1. The highest BCUT2D eigenvalue weighted by Gasteiger charge is 2.31. The lowest BCUT2D eigenvalue weighted by Gasteiger charge is -2.38. The minimum Gasteiger partial charge on any atom is -0.383 e. The molecule has 1 amide bonds. The Morgan fingerprint density at radius 3 is 3.00 bits per heavy atom. The molecular formula is C12H16FN3O2. The molecule has 5 nitrogen and oxygen atoms in total. The third-order valence-electron chi connectivity index (χ3n) is 2.83. The Kier molecular flexibility index (Phi) is 3.21. The summed E-state index contributed by atoms with van der Waals surface area (Å²) >= 11 is 0. The van der Waals surface area contributed by atoms with E-state index in [0.717, 1.165) is 12.3 Å². The van der Waals surface area contributed by atoms with Crippen molar-refractivity contribution in [3.05, 3.63) is 23.6 Å². The van der Waals surface area contributed by atoms with Crippen LogP contribution in [0.5, 0.6) is 0 Å². The number of nitrogen functional groups attached to an aromatic ring is 1. The minimum absolute atomic E-state index is 0.0469. The Morgan fingerprint density at radius 2 is 2.33 bits per heavy atom. The van der Waals surface area contributed by atoms with Gasteiger partial charge in [-0.1, -0.05) is 0 Å². The number of aromatic nitrogens is 1. The van der Waals surface area contributed by atoms with E-state index in [1.165, 1.54) is 0 Å². The molecule has 0 saturated carbocycles. The van der Waals surface area contributed by atoms with Crippen molar-refractivity contribution in [3.63, 3.8) is 0 Å². The highest BCUT2D eigenvalue weighted by atomic mass is 19.1. The first-order valence-corrected chi connectivity index (χ1v) is 5.73. The number of ether oxygens (including phenoxy) is 1. The first-order chi connectivity index (χ1) is 8.39. The first-order valence-electron chi connectivity index (χ1n) is 5.73. The quantitative estimate of drug-likeness (QED) is 0.812. The van der Waals surface area contributed by atoms with Crippen LogP contribution in [0, 0.1) is 5.82 Å². The van der Waals surface area contributed by atoms with E-state index in [4.69, 9.17) is 10.5 Å². The van der Waals surface area contributed by atoms with Crippen molar-refractivity contribution >= 4 is 11.7 Å². The van der Waals surface area contributed by atoms with E-state index in [0.29, 0.717) is 19.7 Å². The summed E-state index contributed by atoms with van der Waals surface area (Å²) in [5.41, 5.74) is 5.31. The van der Waals surface area contributed by atoms with Crippen LogP contribution in [0.2, 0.25) is 0 Å². The van der Waals surface area contributed by atoms with Crippen LogP contribution in [-0.2, 0) is 4.74 Å². The molecular weight excluding hydrogens is 237 g/mol. The highest BCUT2D eigenvalue weighted by Crippen LogP contribution is 2.20. The molecule has 98 valence electrons. The third kappa shape index (κ3) is 2.59. The van der Waals surface area contributed by atoms with Gasteiger partial charge in [0, 0.05) is 13.1 Å². The second kappa shape index (κ2) is 4.53. The average Bonchev–Trinajstić information content (AvgIpc) is 2.30. The summed E-state index contributed by atoms with van der Waals surface area (Å²) in [4.78, 5) is 17.5. The van der Waals surface area contributed by atoms with Crippen LogP contribution < -0.4 is 5.73 Å². The molecule has 1 aliphatic heterocycles. The molecule has 1 fully saturated rings. The zero-order chi connectivity index (χ0) is 13.3. The average molecular weight is 253 g/mol. The van der Waals surface area contributed by atoms with E-state index in [1.54, 1.807) is 4.90 Å². The Hall–Kier alpha value is -1.69. The van der Waals surface area contributed by atoms with Crippen LogP contribution in [0.4, 0.5) is 10.2 Å². The SMILES string of the molecule is CC1(C)CN(C(=O)c2cc(F)cnc2N)CCO1. The number of hydrogen-bond acceptors (Lipinski definition) is 4. The highest BCUT2D eigenvalue weighted by molar-refractivity contribution is 5.98. The molecule has 18 heavy (non-hydrogen) atoms. The lowest BCUT2D eigenvalue weighted by molar-refractivity contribution is -0.0763. The van der Waals surface area contributed by atoms with Crippen molar-refractivity contribution in [1.29, 1.82) is 0 Å². The summed E-state index contributed by atoms with van der Waals surface area (Å²) in [6, 6.07) is 1.12. The molecule has 2 heterocycles. The van der Waals surface area contributed by atoms with Gasteiger partial charge >= 0.3 is 0 Å². The number of nitrogens with zero attached hydrogens (tertiary/aromatic N) is 2. The van der Waals surface area contributed by atoms with Gasteiger partial charge in [0.2, 0.25) is 0 Å². The van der Waals surface area contributed by atoms with E-state index in [-0.39, 0.29) is 17.3 Å². The Bertz CT molecular complexity index is 476. The maximum Gasteiger partial charge on any atom is 0.257 e. The monoisotopic (exact) mass is 253 g/mol. The molecule has 2 N–H and O–H groups in total. The molecule has 2 rings (SSSR count). The Morgan fingerprint density at radius 1 is 1.61 bits per heavy atom. The van der Waals surface area contributed by atoms with Gasteiger partial charge in [-0.2, -0.15) is 0 Å². The summed E-state index contributed by atoms with van der Waals surface area (Å²) in [7, 11) is 0. The number of carbonyl (C=O) groups is 1. The summed E-state index contributed by atoms with van der Waals surface area (Å²) in [5, 5.41) is 0. The lowest BCUT2D eigenvalue weighted by Crippen LogP contribution is -2.50. The van der Waals surface area contributed by atoms with Gasteiger partial charge in [-0.15, -0.1) is 0 Å². The van der Waals surface area contributed by atoms with Gasteiger partial charge in [-0.3, -0.25) is 4.79 Å². The molecule has 0 bridgehead atoms. The molecule has 0 aliphatic carbocycles. The van der Waals surface area contributed by atoms with E-state index in [1.807, 2.05) is 13.8 Å². The minimum atomic E-state index is -0.569. The fourth-order valence-electron chi connectivity index (χ4n) is 1.98. The maximum atomic E-state index is 13.1. The second-order valence-corrected chi connectivity index (χ2v) is 4.92. The Balaban J connectivity index is 2.23. The number of rotatable bonds is 1. The number of pyridine rings is 1. The fraction of sp³-hybridized carbons (Fsp3) is 0.500. The standard InChI is InChI=1S/C12H16FN3O2/c1-12(2)7-16(3-4-18-12)11(17)9-5-8(13)6-15-10(9)14/h5-6H,3-4,7H2,1-2H3,(H2,14,15). The summed E-state index contributed by atoms with van der Waals surface area (Å²) in [5.74, 6) is -0.832. The molecule has 0 spiro atoms. The summed E-state index contributed by atoms with van der Waals surface area (Å²) in [6.45, 7) is 5.18. The number of morpholine rings is 1. The molecule has 1 aromatic heterocycles. The van der Waals surface area contributed by atoms with Crippen LogP contribution in [0.15, 0.2) is 12.3 Å². The lowest BCUT2D eigenvalue weighted by atomic mass is 10.1. The third-order valence-corrected chi connectivity index (χ3v) is 2.83. The van der Waals surface area contributed by atoms with Crippen molar-refractivity contribution in [2.24, 2.45) is 0 Å². The largest absolute Gasteiger partial charge is 0.383 e. The normalized spacial score (nSPS) is 18.7. The van der Waals surface area contributed by atoms with Gasteiger partial charge in [0.25, 0.3) is 5.91 Å². The Labute approximate surface area is 105 Å². The molecule has 0 radical (unpaired) electrons. The number of anilines is 1. The van der Waals surface area contributed by atoms with Crippen molar-refractivity contribution in [1.82, 2.24) is 9.88 Å². The molecule has 1 aliphatic rings. The molecule has 0 unspecified atom stereocenters. The van der Waals surface area contributed by atoms with Crippen molar-refractivity contribution in [3.8, 4) is 0 Å². The van der Waals surface area contributed by atoms with Crippen molar-refractivity contribution < 1.29 is 13.9 Å². The smallest absolute Gasteiger partial charge is 0.257 e. The predicted octanol–water partition coefficient (Wildman–Crippen LogP) is 1.05. The number of hydrogen-bond donors (Lipinski definition) is 1. The van der Waals surface area contributed by atoms with E-state index < -0.39 is 11.4 Å². The molecule has 1 saturated heterocycles. The number of carbonyl (C=O) groups excluding carboxylic acids is 1. The van der Waals surface area contributed by atoms with Crippen LogP contribution in [0.25, 0.3) is 0 Å². The summed E-state index contributed by atoms with van der Waals surface area (Å²) in [6.07, 6.45) is 0.995. The predicted molar refractivity (Wildman–Crippen MR) is 64.5 cm³/mol. The molecule has 6 heteroatoms. The number of nitrogens with two attached hydrogens (primary N) is 1. The van der Waals surface area contributed by atoms with Crippen molar-refractivity contribution in [2.45, 2.75) is 19.4 Å². The van der Waals surface area contributed by atoms with Gasteiger partial charge < -0.3 is 15.4 Å². The maximum absolute atomic E-state index is 13.1. The van der Waals surface area contributed by atoms with Gasteiger partial charge in [-0.05, 0) is 19.9 Å². The van der Waals surface area contributed by atoms with Crippen LogP contribution in [0.1, 0.15) is 24.2 Å². The van der Waals surface area contributed by atoms with Gasteiger partial charge in [0.05, 0.1) is 24.0 Å². The van der Waals surface area contributed by atoms with Crippen LogP contribution >= 0.6 is 0 Å². The van der Waals surface area contributed by atoms with Gasteiger partial charge in [0.1, 0.15) is 11.6 Å². The van der Waals surface area contributed by atoms with Crippen LogP contribution in [0.3, 0.4) is 0 Å². The van der Waals surface area contributed by atoms with E-state index >= 15 is 0 Å². The van der Waals surface area contributed by atoms with E-state index in [2.05, 4.69) is 4.98 Å². The molecule has 0 aromatic carbocycles. The number of amides is 1. The molecule has 0 atom stereocenters. The zero-order valence-electron chi connectivity index (χ0n) is 10.4. The topological polar surface area (TPSA) is 68.5 Å². The van der Waals surface area contributed by atoms with Gasteiger partial charge in [0.15, 0.2) is 0 Å².